The molecule has 2 nitrogen and oxygen atoms in total. The van der Waals surface area contributed by atoms with Gasteiger partial charge in [0.05, 0.1) is 5.56 Å². The van der Waals surface area contributed by atoms with E-state index in [-0.39, 0.29) is 22.9 Å². The van der Waals surface area contributed by atoms with Crippen LogP contribution in [0.25, 0.3) is 0 Å². The Morgan fingerprint density at radius 1 is 1.24 bits per heavy atom. The van der Waals surface area contributed by atoms with Crippen LogP contribution in [0.15, 0.2) is 18.2 Å². The first-order chi connectivity index (χ1) is 9.85. The van der Waals surface area contributed by atoms with Crippen molar-refractivity contribution >= 4 is 5.91 Å². The third-order valence-corrected chi connectivity index (χ3v) is 3.95. The lowest BCUT2D eigenvalue weighted by Gasteiger charge is -2.23. The number of hydrogen-bond acceptors (Lipinski definition) is 1. The third kappa shape index (κ3) is 4.83. The molecule has 116 valence electrons. The summed E-state index contributed by atoms with van der Waals surface area (Å²) in [6.45, 7) is 6.36. The van der Waals surface area contributed by atoms with Crippen LogP contribution in [0.3, 0.4) is 0 Å². The van der Waals surface area contributed by atoms with Crippen LogP contribution in [0.1, 0.15) is 68.8 Å². The molecule has 1 aliphatic rings. The van der Waals surface area contributed by atoms with Gasteiger partial charge in [-0.15, -0.1) is 0 Å². The molecule has 0 saturated heterocycles. The van der Waals surface area contributed by atoms with Crippen molar-refractivity contribution in [2.75, 3.05) is 0 Å². The largest absolute Gasteiger partial charge is 0.349 e. The molecule has 3 heteroatoms. The summed E-state index contributed by atoms with van der Waals surface area (Å²) < 4.78 is 14.2. The Morgan fingerprint density at radius 3 is 2.48 bits per heavy atom. The second-order valence-corrected chi connectivity index (χ2v) is 7.36. The summed E-state index contributed by atoms with van der Waals surface area (Å²) in [6.07, 6.45) is 6.36. The van der Waals surface area contributed by atoms with Gasteiger partial charge in [0.15, 0.2) is 0 Å². The van der Waals surface area contributed by atoms with Gasteiger partial charge in [0.2, 0.25) is 0 Å². The molecule has 21 heavy (non-hydrogen) atoms. The van der Waals surface area contributed by atoms with E-state index in [9.17, 15) is 9.18 Å². The Bertz CT molecular complexity index is 498. The molecule has 0 bridgehead atoms. The molecule has 0 spiro atoms. The summed E-state index contributed by atoms with van der Waals surface area (Å²) >= 11 is 0. The van der Waals surface area contributed by atoms with Crippen LogP contribution >= 0.6 is 0 Å². The van der Waals surface area contributed by atoms with Crippen molar-refractivity contribution in [3.63, 3.8) is 0 Å². The maximum Gasteiger partial charge on any atom is 0.254 e. The molecule has 1 aromatic carbocycles. The second kappa shape index (κ2) is 6.59. The predicted molar refractivity (Wildman–Crippen MR) is 83.9 cm³/mol. The van der Waals surface area contributed by atoms with Gasteiger partial charge in [-0.25, -0.2) is 4.39 Å². The number of hydrogen-bond donors (Lipinski definition) is 1. The van der Waals surface area contributed by atoms with Crippen LogP contribution in [-0.4, -0.2) is 11.9 Å². The average Bonchev–Trinajstić information content (AvgIpc) is 2.37. The molecular formula is C18H26FNO. The second-order valence-electron chi connectivity index (χ2n) is 7.36. The highest BCUT2D eigenvalue weighted by molar-refractivity contribution is 5.94. The van der Waals surface area contributed by atoms with Crippen molar-refractivity contribution in [3.8, 4) is 0 Å². The molecule has 1 aromatic rings. The summed E-state index contributed by atoms with van der Waals surface area (Å²) in [4.78, 5) is 12.2. The zero-order chi connectivity index (χ0) is 15.5. The van der Waals surface area contributed by atoms with E-state index >= 15 is 0 Å². The molecule has 0 unspecified atom stereocenters. The lowest BCUT2D eigenvalue weighted by molar-refractivity contribution is 0.0923. The van der Waals surface area contributed by atoms with Gasteiger partial charge >= 0.3 is 0 Å². The summed E-state index contributed by atoms with van der Waals surface area (Å²) in [5, 5.41) is 2.96. The van der Waals surface area contributed by atoms with Crippen LogP contribution in [0.4, 0.5) is 4.39 Å². The van der Waals surface area contributed by atoms with E-state index in [0.717, 1.165) is 37.7 Å². The lowest BCUT2D eigenvalue weighted by Crippen LogP contribution is -2.36. The number of rotatable bonds is 3. The first-order valence-electron chi connectivity index (χ1n) is 7.94. The SMILES string of the molecule is CC(C)(C)Cc1ccc(C(=O)NC2CCCCC2)c(F)c1. The number of amides is 1. The molecule has 0 radical (unpaired) electrons. The van der Waals surface area contributed by atoms with Crippen LogP contribution in [0, 0.1) is 11.2 Å². The summed E-state index contributed by atoms with van der Waals surface area (Å²) in [5.74, 6) is -0.688. The van der Waals surface area contributed by atoms with Crippen LogP contribution < -0.4 is 5.32 Å². The van der Waals surface area contributed by atoms with Crippen LogP contribution in [0.5, 0.6) is 0 Å². The maximum atomic E-state index is 14.2. The van der Waals surface area contributed by atoms with E-state index in [1.165, 1.54) is 12.5 Å². The van der Waals surface area contributed by atoms with Crippen molar-refractivity contribution in [2.24, 2.45) is 5.41 Å². The van der Waals surface area contributed by atoms with Crippen molar-refractivity contribution in [2.45, 2.75) is 65.3 Å². The quantitative estimate of drug-likeness (QED) is 0.874. The van der Waals surface area contributed by atoms with Gasteiger partial charge in [0.1, 0.15) is 5.82 Å². The van der Waals surface area contributed by atoms with E-state index in [1.54, 1.807) is 6.07 Å². The Kier molecular flexibility index (Phi) is 5.02. The van der Waals surface area contributed by atoms with E-state index in [4.69, 9.17) is 0 Å². The van der Waals surface area contributed by atoms with Crippen LogP contribution in [-0.2, 0) is 6.42 Å². The average molecular weight is 291 g/mol. The Morgan fingerprint density at radius 2 is 1.90 bits per heavy atom. The van der Waals surface area contributed by atoms with Crippen LogP contribution in [0.2, 0.25) is 0 Å². The molecule has 1 fully saturated rings. The first kappa shape index (κ1) is 16.0. The minimum absolute atomic E-state index is 0.109. The van der Waals surface area contributed by atoms with Crippen molar-refractivity contribution in [1.82, 2.24) is 5.32 Å². The fraction of sp³-hybridized carbons (Fsp3) is 0.611. The van der Waals surface area contributed by atoms with Gasteiger partial charge in [0.25, 0.3) is 5.91 Å². The Hall–Kier alpha value is -1.38. The van der Waals surface area contributed by atoms with Gasteiger partial charge in [-0.3, -0.25) is 4.79 Å². The van der Waals surface area contributed by atoms with Crippen molar-refractivity contribution in [3.05, 3.63) is 35.1 Å². The number of nitrogens with one attached hydrogen (secondary N) is 1. The monoisotopic (exact) mass is 291 g/mol. The number of carbonyl (C=O) groups excluding carboxylic acids is 1. The molecule has 1 amide bonds. The molecule has 1 N–H and O–H groups in total. The minimum atomic E-state index is -0.412. The summed E-state index contributed by atoms with van der Waals surface area (Å²) in [5.41, 5.74) is 1.21. The molecule has 0 heterocycles. The number of benzene rings is 1. The number of carbonyl (C=O) groups is 1. The van der Waals surface area contributed by atoms with Gasteiger partial charge in [-0.2, -0.15) is 0 Å². The fourth-order valence-corrected chi connectivity index (χ4v) is 2.98. The molecule has 0 atom stereocenters. The first-order valence-corrected chi connectivity index (χ1v) is 7.94. The fourth-order valence-electron chi connectivity index (χ4n) is 2.98. The van der Waals surface area contributed by atoms with E-state index < -0.39 is 5.82 Å². The molecule has 1 aliphatic carbocycles. The lowest BCUT2D eigenvalue weighted by atomic mass is 9.88. The summed E-state index contributed by atoms with van der Waals surface area (Å²) in [6, 6.07) is 5.19. The van der Waals surface area contributed by atoms with E-state index in [0.29, 0.717) is 0 Å². The molecule has 0 aromatic heterocycles. The molecule has 0 aliphatic heterocycles. The minimum Gasteiger partial charge on any atom is -0.349 e. The van der Waals surface area contributed by atoms with Gasteiger partial charge < -0.3 is 5.32 Å². The smallest absolute Gasteiger partial charge is 0.254 e. The molecule has 1 saturated carbocycles. The summed E-state index contributed by atoms with van der Waals surface area (Å²) in [7, 11) is 0. The Labute approximate surface area is 127 Å². The highest BCUT2D eigenvalue weighted by Crippen LogP contribution is 2.22. The normalized spacial score (nSPS) is 16.8. The Balaban J connectivity index is 2.04. The van der Waals surface area contributed by atoms with Gasteiger partial charge in [-0.05, 0) is 42.4 Å². The van der Waals surface area contributed by atoms with Crippen molar-refractivity contribution in [1.29, 1.82) is 0 Å². The molecule has 2 rings (SSSR count). The molecular weight excluding hydrogens is 265 g/mol. The van der Waals surface area contributed by atoms with Crippen molar-refractivity contribution < 1.29 is 9.18 Å². The third-order valence-electron chi connectivity index (χ3n) is 3.95. The predicted octanol–water partition coefficient (Wildman–Crippen LogP) is 4.48. The highest BCUT2D eigenvalue weighted by atomic mass is 19.1. The van der Waals surface area contributed by atoms with E-state index in [1.807, 2.05) is 6.07 Å². The van der Waals surface area contributed by atoms with Gasteiger partial charge in [-0.1, -0.05) is 46.1 Å². The van der Waals surface area contributed by atoms with E-state index in [2.05, 4.69) is 26.1 Å². The zero-order valence-corrected chi connectivity index (χ0v) is 13.3. The standard InChI is InChI=1S/C18H26FNO/c1-18(2,3)12-13-9-10-15(16(19)11-13)17(21)20-14-7-5-4-6-8-14/h9-11,14H,4-8,12H2,1-3H3,(H,20,21). The number of halogens is 1. The topological polar surface area (TPSA) is 29.1 Å². The maximum absolute atomic E-state index is 14.2. The van der Waals surface area contributed by atoms with Gasteiger partial charge in [0, 0.05) is 6.04 Å². The highest BCUT2D eigenvalue weighted by Gasteiger charge is 2.19. The zero-order valence-electron chi connectivity index (χ0n) is 13.3.